The van der Waals surface area contributed by atoms with Crippen molar-refractivity contribution in [3.8, 4) is 22.6 Å². The Bertz CT molecular complexity index is 1600. The predicted octanol–water partition coefficient (Wildman–Crippen LogP) is 10.2. The van der Waals surface area contributed by atoms with E-state index in [2.05, 4.69) is 68.4 Å². The molecular formula is C38H40O3. The van der Waals surface area contributed by atoms with Crippen molar-refractivity contribution in [3.05, 3.63) is 108 Å². The first-order chi connectivity index (χ1) is 20.2. The number of benzene rings is 5. The third-order valence-corrected chi connectivity index (χ3v) is 7.66. The highest BCUT2D eigenvalue weighted by atomic mass is 16.5. The molecule has 0 aliphatic carbocycles. The number of ketones is 1. The van der Waals surface area contributed by atoms with Gasteiger partial charge < -0.3 is 9.47 Å². The van der Waals surface area contributed by atoms with Gasteiger partial charge >= 0.3 is 0 Å². The average molecular weight is 545 g/mol. The standard InChI is InChI=1S/C38H40O3/c1-3-5-12-24-40-35-22-19-29-16-10-11-17-32(29)37(35)38-33-21-18-31(34(39)26-28-14-8-7-9-15-28)27-30(33)20-23-36(38)41-25-13-6-4-2/h7-11,14-23,27H,3-6,12-13,24-26H2,1-2H3. The molecule has 0 saturated carbocycles. The molecule has 0 N–H and O–H groups in total. The van der Waals surface area contributed by atoms with Gasteiger partial charge in [-0.15, -0.1) is 0 Å². The molecule has 0 aliphatic rings. The molecule has 5 aromatic carbocycles. The Labute approximate surface area is 244 Å². The van der Waals surface area contributed by atoms with Crippen LogP contribution in [0.4, 0.5) is 0 Å². The molecule has 0 spiro atoms. The molecule has 210 valence electrons. The smallest absolute Gasteiger partial charge is 0.167 e. The van der Waals surface area contributed by atoms with E-state index in [0.29, 0.717) is 19.6 Å². The molecule has 0 unspecified atom stereocenters. The van der Waals surface area contributed by atoms with E-state index >= 15 is 0 Å². The molecule has 5 aromatic rings. The highest BCUT2D eigenvalue weighted by Gasteiger charge is 2.20. The molecule has 0 aromatic heterocycles. The lowest BCUT2D eigenvalue weighted by Gasteiger charge is -2.20. The van der Waals surface area contributed by atoms with Crippen molar-refractivity contribution in [2.24, 2.45) is 0 Å². The van der Waals surface area contributed by atoms with E-state index in [-0.39, 0.29) is 5.78 Å². The van der Waals surface area contributed by atoms with Crippen LogP contribution in [0.3, 0.4) is 0 Å². The van der Waals surface area contributed by atoms with Crippen LogP contribution in [0.15, 0.2) is 97.1 Å². The summed E-state index contributed by atoms with van der Waals surface area (Å²) in [5, 5.41) is 4.37. The molecule has 0 saturated heterocycles. The van der Waals surface area contributed by atoms with Gasteiger partial charge in [-0.1, -0.05) is 118 Å². The van der Waals surface area contributed by atoms with E-state index < -0.39 is 0 Å². The van der Waals surface area contributed by atoms with Crippen molar-refractivity contribution in [1.82, 2.24) is 0 Å². The fourth-order valence-corrected chi connectivity index (χ4v) is 5.44. The number of hydrogen-bond acceptors (Lipinski definition) is 3. The van der Waals surface area contributed by atoms with Crippen LogP contribution in [0.25, 0.3) is 32.7 Å². The van der Waals surface area contributed by atoms with Crippen molar-refractivity contribution in [2.75, 3.05) is 13.2 Å². The lowest BCUT2D eigenvalue weighted by atomic mass is 9.91. The highest BCUT2D eigenvalue weighted by Crippen LogP contribution is 2.45. The summed E-state index contributed by atoms with van der Waals surface area (Å²) in [7, 11) is 0. The summed E-state index contributed by atoms with van der Waals surface area (Å²) in [5.74, 6) is 1.84. The van der Waals surface area contributed by atoms with Gasteiger partial charge in [-0.25, -0.2) is 0 Å². The van der Waals surface area contributed by atoms with E-state index in [9.17, 15) is 4.79 Å². The van der Waals surface area contributed by atoms with E-state index in [0.717, 1.165) is 93.8 Å². The first-order valence-corrected chi connectivity index (χ1v) is 15.1. The van der Waals surface area contributed by atoms with E-state index in [4.69, 9.17) is 9.47 Å². The number of fused-ring (bicyclic) bond motifs is 2. The summed E-state index contributed by atoms with van der Waals surface area (Å²) in [4.78, 5) is 13.2. The summed E-state index contributed by atoms with van der Waals surface area (Å²) in [6.45, 7) is 5.75. The Morgan fingerprint density at radius 3 is 1.83 bits per heavy atom. The molecule has 0 radical (unpaired) electrons. The Morgan fingerprint density at radius 1 is 0.585 bits per heavy atom. The molecule has 41 heavy (non-hydrogen) atoms. The normalized spacial score (nSPS) is 11.2. The molecule has 3 nitrogen and oxygen atoms in total. The summed E-state index contributed by atoms with van der Waals surface area (Å²) in [5.41, 5.74) is 3.83. The Hall–Kier alpha value is -4.11. The number of carbonyl (C=O) groups is 1. The molecule has 0 aliphatic heterocycles. The van der Waals surface area contributed by atoms with Crippen LogP contribution < -0.4 is 9.47 Å². The summed E-state index contributed by atoms with van der Waals surface area (Å²) >= 11 is 0. The Kier molecular flexibility index (Phi) is 9.69. The first-order valence-electron chi connectivity index (χ1n) is 15.1. The number of hydrogen-bond donors (Lipinski definition) is 0. The van der Waals surface area contributed by atoms with Gasteiger partial charge in [-0.3, -0.25) is 4.79 Å². The van der Waals surface area contributed by atoms with Gasteiger partial charge in [0.25, 0.3) is 0 Å². The number of ether oxygens (including phenoxy) is 2. The van der Waals surface area contributed by atoms with Gasteiger partial charge in [0.2, 0.25) is 0 Å². The second-order valence-corrected chi connectivity index (χ2v) is 10.7. The summed E-state index contributed by atoms with van der Waals surface area (Å²) < 4.78 is 13.0. The van der Waals surface area contributed by atoms with E-state index in [1.54, 1.807) is 0 Å². The van der Waals surface area contributed by atoms with Crippen LogP contribution >= 0.6 is 0 Å². The minimum Gasteiger partial charge on any atom is -0.493 e. The zero-order valence-electron chi connectivity index (χ0n) is 24.3. The first kappa shape index (κ1) is 28.4. The predicted molar refractivity (Wildman–Crippen MR) is 171 cm³/mol. The van der Waals surface area contributed by atoms with Gasteiger partial charge in [0, 0.05) is 23.1 Å². The minimum absolute atomic E-state index is 0.115. The lowest BCUT2D eigenvalue weighted by molar-refractivity contribution is 0.0993. The number of rotatable bonds is 14. The van der Waals surface area contributed by atoms with E-state index in [1.165, 1.54) is 0 Å². The fourth-order valence-electron chi connectivity index (χ4n) is 5.44. The SMILES string of the molecule is CCCCCOc1ccc2ccccc2c1-c1c(OCCCCC)ccc2cc(C(=O)Cc3ccccc3)ccc12. The van der Waals surface area contributed by atoms with Crippen LogP contribution in [0.1, 0.15) is 68.3 Å². The topological polar surface area (TPSA) is 35.5 Å². The second-order valence-electron chi connectivity index (χ2n) is 10.7. The lowest BCUT2D eigenvalue weighted by Crippen LogP contribution is -2.04. The highest BCUT2D eigenvalue weighted by molar-refractivity contribution is 6.11. The van der Waals surface area contributed by atoms with E-state index in [1.807, 2.05) is 42.5 Å². The quantitative estimate of drug-likeness (QED) is 0.103. The van der Waals surface area contributed by atoms with Crippen molar-refractivity contribution in [2.45, 2.75) is 58.8 Å². The maximum absolute atomic E-state index is 13.2. The molecule has 0 bridgehead atoms. The van der Waals surface area contributed by atoms with Gasteiger partial charge in [-0.05, 0) is 58.1 Å². The zero-order chi connectivity index (χ0) is 28.4. The Morgan fingerprint density at radius 2 is 1.17 bits per heavy atom. The number of unbranched alkanes of at least 4 members (excludes halogenated alkanes) is 4. The van der Waals surface area contributed by atoms with Gasteiger partial charge in [0.1, 0.15) is 11.5 Å². The van der Waals surface area contributed by atoms with Crippen molar-refractivity contribution >= 4 is 27.3 Å². The number of Topliss-reactive ketones (excluding diaryl/α,β-unsaturated/α-hetero) is 1. The minimum atomic E-state index is 0.115. The van der Waals surface area contributed by atoms with Crippen LogP contribution in [0.5, 0.6) is 11.5 Å². The van der Waals surface area contributed by atoms with Crippen molar-refractivity contribution in [1.29, 1.82) is 0 Å². The second kappa shape index (κ2) is 14.0. The zero-order valence-corrected chi connectivity index (χ0v) is 24.3. The monoisotopic (exact) mass is 544 g/mol. The molecule has 0 amide bonds. The van der Waals surface area contributed by atoms with Crippen LogP contribution in [-0.4, -0.2) is 19.0 Å². The maximum atomic E-state index is 13.2. The maximum Gasteiger partial charge on any atom is 0.167 e. The molecule has 5 rings (SSSR count). The average Bonchev–Trinajstić information content (AvgIpc) is 3.01. The Balaban J connectivity index is 1.63. The van der Waals surface area contributed by atoms with Gasteiger partial charge in [-0.2, -0.15) is 0 Å². The summed E-state index contributed by atoms with van der Waals surface area (Å²) in [6, 6.07) is 32.9. The van der Waals surface area contributed by atoms with Gasteiger partial charge in [0.05, 0.1) is 13.2 Å². The van der Waals surface area contributed by atoms with Crippen molar-refractivity contribution in [3.63, 3.8) is 0 Å². The molecule has 0 atom stereocenters. The van der Waals surface area contributed by atoms with Crippen LogP contribution in [0, 0.1) is 0 Å². The molecule has 3 heteroatoms. The third-order valence-electron chi connectivity index (χ3n) is 7.66. The largest absolute Gasteiger partial charge is 0.493 e. The van der Waals surface area contributed by atoms with Crippen LogP contribution in [0.2, 0.25) is 0 Å². The molecular weight excluding hydrogens is 504 g/mol. The molecule has 0 fully saturated rings. The van der Waals surface area contributed by atoms with Gasteiger partial charge in [0.15, 0.2) is 5.78 Å². The fraction of sp³-hybridized carbons (Fsp3) is 0.289. The molecule has 0 heterocycles. The van der Waals surface area contributed by atoms with Crippen molar-refractivity contribution < 1.29 is 14.3 Å². The number of carbonyl (C=O) groups excluding carboxylic acids is 1. The summed E-state index contributed by atoms with van der Waals surface area (Å²) in [6.07, 6.45) is 6.99. The van der Waals surface area contributed by atoms with Crippen LogP contribution in [-0.2, 0) is 6.42 Å². The third kappa shape index (κ3) is 6.79.